The number of hydrogen-bond donors (Lipinski definition) is 0. The standard InChI is InChI=1S/C21H20ClN3O2/c22-19-8-6-17(7-9-19)20-15-24(10-11-27-20)21(26)18-12-23-25(14-18)13-16-4-2-1-3-5-16/h1-9,12,14,20H,10-11,13,15H2. The Bertz CT molecular complexity index is 909. The van der Waals surface area contributed by atoms with E-state index in [1.807, 2.05) is 65.7 Å². The average Bonchev–Trinajstić information content (AvgIpc) is 3.17. The molecule has 6 heteroatoms. The number of hydrogen-bond acceptors (Lipinski definition) is 3. The summed E-state index contributed by atoms with van der Waals surface area (Å²) in [6.07, 6.45) is 3.31. The van der Waals surface area contributed by atoms with Crippen molar-refractivity contribution in [1.82, 2.24) is 14.7 Å². The van der Waals surface area contributed by atoms with E-state index in [9.17, 15) is 4.79 Å². The molecular formula is C21H20ClN3O2. The van der Waals surface area contributed by atoms with Crippen LogP contribution in [-0.2, 0) is 11.3 Å². The van der Waals surface area contributed by atoms with E-state index in [2.05, 4.69) is 5.10 Å². The van der Waals surface area contributed by atoms with Crippen LogP contribution in [0.1, 0.15) is 27.6 Å². The van der Waals surface area contributed by atoms with Crippen molar-refractivity contribution in [3.63, 3.8) is 0 Å². The Balaban J connectivity index is 1.44. The molecule has 1 saturated heterocycles. The van der Waals surface area contributed by atoms with Crippen LogP contribution < -0.4 is 0 Å². The number of carbonyl (C=O) groups excluding carboxylic acids is 1. The zero-order valence-electron chi connectivity index (χ0n) is 14.8. The highest BCUT2D eigenvalue weighted by molar-refractivity contribution is 6.30. The molecule has 4 rings (SSSR count). The first kappa shape index (κ1) is 17.8. The summed E-state index contributed by atoms with van der Waals surface area (Å²) in [7, 11) is 0. The molecule has 1 fully saturated rings. The van der Waals surface area contributed by atoms with Gasteiger partial charge in [0, 0.05) is 17.8 Å². The SMILES string of the molecule is O=C(c1cnn(Cc2ccccc2)c1)N1CCOC(c2ccc(Cl)cc2)C1. The molecule has 3 aromatic rings. The van der Waals surface area contributed by atoms with Crippen LogP contribution in [0, 0.1) is 0 Å². The van der Waals surface area contributed by atoms with Crippen LogP contribution in [0.15, 0.2) is 67.0 Å². The Morgan fingerprint density at radius 2 is 1.93 bits per heavy atom. The number of halogens is 1. The molecule has 138 valence electrons. The molecule has 1 aliphatic rings. The third-order valence-electron chi connectivity index (χ3n) is 4.66. The molecule has 2 aromatic carbocycles. The molecular weight excluding hydrogens is 362 g/mol. The number of carbonyl (C=O) groups is 1. The predicted molar refractivity (Wildman–Crippen MR) is 104 cm³/mol. The Morgan fingerprint density at radius 3 is 2.70 bits per heavy atom. The zero-order chi connectivity index (χ0) is 18.6. The minimum atomic E-state index is -0.140. The molecule has 0 radical (unpaired) electrons. The highest BCUT2D eigenvalue weighted by atomic mass is 35.5. The molecule has 2 heterocycles. The van der Waals surface area contributed by atoms with E-state index in [-0.39, 0.29) is 12.0 Å². The Kier molecular flexibility index (Phi) is 5.23. The minimum absolute atomic E-state index is 0.0171. The third kappa shape index (κ3) is 4.21. The molecule has 0 saturated carbocycles. The molecule has 1 amide bonds. The van der Waals surface area contributed by atoms with Gasteiger partial charge in [-0.2, -0.15) is 5.10 Å². The molecule has 5 nitrogen and oxygen atoms in total. The van der Waals surface area contributed by atoms with Crippen LogP contribution in [0.2, 0.25) is 5.02 Å². The van der Waals surface area contributed by atoms with Crippen LogP contribution in [0.4, 0.5) is 0 Å². The lowest BCUT2D eigenvalue weighted by atomic mass is 10.1. The van der Waals surface area contributed by atoms with Crippen LogP contribution in [0.5, 0.6) is 0 Å². The first-order chi connectivity index (χ1) is 13.2. The van der Waals surface area contributed by atoms with Crippen molar-refractivity contribution in [2.45, 2.75) is 12.6 Å². The molecule has 27 heavy (non-hydrogen) atoms. The summed E-state index contributed by atoms with van der Waals surface area (Å²) in [5, 5.41) is 5.03. The van der Waals surface area contributed by atoms with Gasteiger partial charge >= 0.3 is 0 Å². The van der Waals surface area contributed by atoms with Crippen molar-refractivity contribution >= 4 is 17.5 Å². The van der Waals surface area contributed by atoms with Gasteiger partial charge in [0.25, 0.3) is 5.91 Å². The summed E-state index contributed by atoms with van der Waals surface area (Å²) < 4.78 is 7.64. The maximum absolute atomic E-state index is 12.9. The fourth-order valence-electron chi connectivity index (χ4n) is 3.23. The highest BCUT2D eigenvalue weighted by Crippen LogP contribution is 2.24. The highest BCUT2D eigenvalue weighted by Gasteiger charge is 2.26. The molecule has 1 aliphatic heterocycles. The van der Waals surface area contributed by atoms with Crippen molar-refractivity contribution in [1.29, 1.82) is 0 Å². The predicted octanol–water partition coefficient (Wildman–Crippen LogP) is 3.80. The van der Waals surface area contributed by atoms with Crippen LogP contribution in [-0.4, -0.2) is 40.3 Å². The van der Waals surface area contributed by atoms with Gasteiger partial charge < -0.3 is 9.64 Å². The molecule has 1 unspecified atom stereocenters. The number of rotatable bonds is 4. The monoisotopic (exact) mass is 381 g/mol. The second kappa shape index (κ2) is 7.94. The van der Waals surface area contributed by atoms with Crippen molar-refractivity contribution in [2.75, 3.05) is 19.7 Å². The number of ether oxygens (including phenoxy) is 1. The van der Waals surface area contributed by atoms with Gasteiger partial charge in [0.1, 0.15) is 6.10 Å². The molecule has 0 N–H and O–H groups in total. The summed E-state index contributed by atoms with van der Waals surface area (Å²) in [6.45, 7) is 2.25. The number of morpholine rings is 1. The zero-order valence-corrected chi connectivity index (χ0v) is 15.5. The molecule has 1 atom stereocenters. The first-order valence-electron chi connectivity index (χ1n) is 8.92. The maximum atomic E-state index is 12.9. The van der Waals surface area contributed by atoms with Gasteiger partial charge in [-0.15, -0.1) is 0 Å². The molecule has 0 bridgehead atoms. The molecule has 0 aliphatic carbocycles. The fourth-order valence-corrected chi connectivity index (χ4v) is 3.35. The minimum Gasteiger partial charge on any atom is -0.370 e. The van der Waals surface area contributed by atoms with Crippen molar-refractivity contribution in [2.24, 2.45) is 0 Å². The van der Waals surface area contributed by atoms with Crippen molar-refractivity contribution < 1.29 is 9.53 Å². The second-order valence-corrected chi connectivity index (χ2v) is 7.01. The third-order valence-corrected chi connectivity index (χ3v) is 4.92. The lowest BCUT2D eigenvalue weighted by Gasteiger charge is -2.33. The largest absolute Gasteiger partial charge is 0.370 e. The summed E-state index contributed by atoms with van der Waals surface area (Å²) in [6, 6.07) is 17.6. The summed E-state index contributed by atoms with van der Waals surface area (Å²) >= 11 is 5.96. The molecule has 1 aromatic heterocycles. The van der Waals surface area contributed by atoms with E-state index >= 15 is 0 Å². The fraction of sp³-hybridized carbons (Fsp3) is 0.238. The van der Waals surface area contributed by atoms with Gasteiger partial charge in [-0.1, -0.05) is 54.1 Å². The number of nitrogens with zero attached hydrogens (tertiary/aromatic N) is 3. The number of aromatic nitrogens is 2. The first-order valence-corrected chi connectivity index (χ1v) is 9.29. The van der Waals surface area contributed by atoms with E-state index in [1.165, 1.54) is 0 Å². The quantitative estimate of drug-likeness (QED) is 0.690. The summed E-state index contributed by atoms with van der Waals surface area (Å²) in [5.74, 6) is -0.0171. The average molecular weight is 382 g/mol. The lowest BCUT2D eigenvalue weighted by molar-refractivity contribution is -0.0228. The van der Waals surface area contributed by atoms with Gasteiger partial charge in [0.15, 0.2) is 0 Å². The van der Waals surface area contributed by atoms with Crippen LogP contribution in [0.3, 0.4) is 0 Å². The van der Waals surface area contributed by atoms with Gasteiger partial charge in [0.05, 0.1) is 31.5 Å². The van der Waals surface area contributed by atoms with Crippen molar-refractivity contribution in [3.8, 4) is 0 Å². The van der Waals surface area contributed by atoms with Gasteiger partial charge in [-0.3, -0.25) is 9.48 Å². The van der Waals surface area contributed by atoms with Crippen LogP contribution >= 0.6 is 11.6 Å². The number of benzene rings is 2. The smallest absolute Gasteiger partial charge is 0.257 e. The Morgan fingerprint density at radius 1 is 1.15 bits per heavy atom. The van der Waals surface area contributed by atoms with Crippen LogP contribution in [0.25, 0.3) is 0 Å². The maximum Gasteiger partial charge on any atom is 0.257 e. The van der Waals surface area contributed by atoms with E-state index in [4.69, 9.17) is 16.3 Å². The van der Waals surface area contributed by atoms with Gasteiger partial charge in [0.2, 0.25) is 0 Å². The summed E-state index contributed by atoms with van der Waals surface area (Å²) in [4.78, 5) is 14.7. The van der Waals surface area contributed by atoms with Crippen molar-refractivity contribution in [3.05, 3.63) is 88.7 Å². The Labute approximate surface area is 163 Å². The Hall–Kier alpha value is -2.63. The van der Waals surface area contributed by atoms with E-state index in [0.29, 0.717) is 36.8 Å². The van der Waals surface area contributed by atoms with E-state index in [0.717, 1.165) is 11.1 Å². The van der Waals surface area contributed by atoms with E-state index in [1.54, 1.807) is 10.9 Å². The molecule has 0 spiro atoms. The topological polar surface area (TPSA) is 47.4 Å². The lowest BCUT2D eigenvalue weighted by Crippen LogP contribution is -2.42. The second-order valence-electron chi connectivity index (χ2n) is 6.57. The number of amides is 1. The normalized spacial score (nSPS) is 17.1. The van der Waals surface area contributed by atoms with Gasteiger partial charge in [-0.25, -0.2) is 0 Å². The summed E-state index contributed by atoms with van der Waals surface area (Å²) in [5.41, 5.74) is 2.77. The van der Waals surface area contributed by atoms with Gasteiger partial charge in [-0.05, 0) is 23.3 Å². The van der Waals surface area contributed by atoms with E-state index < -0.39 is 0 Å².